The van der Waals surface area contributed by atoms with Gasteiger partial charge in [-0.2, -0.15) is 0 Å². The van der Waals surface area contributed by atoms with Crippen LogP contribution in [0.15, 0.2) is 86.2 Å². The molecule has 0 saturated carbocycles. The molecule has 3 aromatic carbocycles. The molecule has 0 atom stereocenters. The van der Waals surface area contributed by atoms with Crippen molar-refractivity contribution in [2.75, 3.05) is 0 Å². The predicted molar refractivity (Wildman–Crippen MR) is 103 cm³/mol. The second kappa shape index (κ2) is 7.12. The zero-order valence-electron chi connectivity index (χ0n) is 11.6. The van der Waals surface area contributed by atoms with Crippen molar-refractivity contribution in [2.24, 2.45) is 0 Å². The number of benzene rings is 3. The first-order chi connectivity index (χ1) is 10.6. The van der Waals surface area contributed by atoms with Crippen molar-refractivity contribution in [3.05, 3.63) is 109 Å². The topological polar surface area (TPSA) is 0 Å². The molecule has 0 saturated heterocycles. The molecule has 3 aromatic rings. The van der Waals surface area contributed by atoms with Gasteiger partial charge in [-0.15, -0.1) is 0 Å². The summed E-state index contributed by atoms with van der Waals surface area (Å²) < 4.78 is 3.26. The largest absolute Gasteiger partial charge is 0.0629 e. The minimum atomic E-state index is 1.09. The van der Waals surface area contributed by atoms with E-state index in [0.29, 0.717) is 0 Å². The minimum absolute atomic E-state index is 1.09. The lowest BCUT2D eigenvalue weighted by Crippen LogP contribution is -2.04. The van der Waals surface area contributed by atoms with Crippen molar-refractivity contribution in [2.45, 2.75) is 0 Å². The van der Waals surface area contributed by atoms with Crippen LogP contribution < -0.4 is 0 Å². The van der Waals surface area contributed by atoms with Crippen molar-refractivity contribution in [3.8, 4) is 0 Å². The Morgan fingerprint density at radius 2 is 0.636 bits per heavy atom. The number of rotatable bonds is 3. The minimum Gasteiger partial charge on any atom is -0.0566 e. The van der Waals surface area contributed by atoms with E-state index in [4.69, 9.17) is 0 Å². The fourth-order valence-electron chi connectivity index (χ4n) is 2.35. The third-order valence-electron chi connectivity index (χ3n) is 3.40. The average molecular weight is 480 g/mol. The number of hydrogen-bond acceptors (Lipinski definition) is 0. The highest BCUT2D eigenvalue weighted by Gasteiger charge is 2.17. The molecule has 0 nitrogen and oxygen atoms in total. The molecular formula is C19H12Br3. The van der Waals surface area contributed by atoms with Crippen LogP contribution in [0.5, 0.6) is 0 Å². The Labute approximate surface area is 156 Å². The van der Waals surface area contributed by atoms with Gasteiger partial charge in [0.2, 0.25) is 0 Å². The molecule has 0 bridgehead atoms. The van der Waals surface area contributed by atoms with Gasteiger partial charge >= 0.3 is 0 Å². The SMILES string of the molecule is Brc1ccc([C](c2ccc(Br)cc2)c2ccc(Br)cc2)cc1. The fourth-order valence-corrected chi connectivity index (χ4v) is 3.14. The third-order valence-corrected chi connectivity index (χ3v) is 4.98. The van der Waals surface area contributed by atoms with Crippen molar-refractivity contribution in [1.29, 1.82) is 0 Å². The van der Waals surface area contributed by atoms with E-state index in [1.807, 2.05) is 0 Å². The van der Waals surface area contributed by atoms with Gasteiger partial charge in [0.25, 0.3) is 0 Å². The molecule has 0 amide bonds. The Kier molecular flexibility index (Phi) is 5.17. The first-order valence-corrected chi connectivity index (χ1v) is 9.16. The Morgan fingerprint density at radius 1 is 0.409 bits per heavy atom. The molecule has 0 N–H and O–H groups in total. The average Bonchev–Trinajstić information content (AvgIpc) is 2.53. The second-order valence-corrected chi connectivity index (χ2v) is 7.64. The molecule has 0 aliphatic heterocycles. The highest BCUT2D eigenvalue weighted by atomic mass is 79.9. The van der Waals surface area contributed by atoms with E-state index < -0.39 is 0 Å². The van der Waals surface area contributed by atoms with Crippen LogP contribution in [0, 0.1) is 5.92 Å². The lowest BCUT2D eigenvalue weighted by molar-refractivity contribution is 1.22. The van der Waals surface area contributed by atoms with Crippen LogP contribution in [-0.2, 0) is 0 Å². The summed E-state index contributed by atoms with van der Waals surface area (Å²) >= 11 is 10.5. The lowest BCUT2D eigenvalue weighted by atomic mass is 9.85. The van der Waals surface area contributed by atoms with Gasteiger partial charge in [-0.1, -0.05) is 84.2 Å². The first-order valence-electron chi connectivity index (χ1n) is 6.78. The molecule has 3 rings (SSSR count). The van der Waals surface area contributed by atoms with Crippen LogP contribution in [0.2, 0.25) is 0 Å². The molecule has 3 heteroatoms. The van der Waals surface area contributed by atoms with Gasteiger partial charge < -0.3 is 0 Å². The highest BCUT2D eigenvalue weighted by molar-refractivity contribution is 9.11. The zero-order valence-corrected chi connectivity index (χ0v) is 16.3. The van der Waals surface area contributed by atoms with Crippen LogP contribution >= 0.6 is 47.8 Å². The van der Waals surface area contributed by atoms with Gasteiger partial charge in [0.1, 0.15) is 0 Å². The standard InChI is InChI=1S/C19H12Br3/c20-16-7-1-13(2-8-16)19(14-3-9-17(21)10-4-14)15-5-11-18(22)12-6-15/h1-12H. The van der Waals surface area contributed by atoms with Crippen LogP contribution in [-0.4, -0.2) is 0 Å². The molecule has 0 aliphatic carbocycles. The van der Waals surface area contributed by atoms with Gasteiger partial charge in [-0.05, 0) is 53.1 Å². The zero-order chi connectivity index (χ0) is 15.5. The van der Waals surface area contributed by atoms with Gasteiger partial charge in [-0.25, -0.2) is 0 Å². The van der Waals surface area contributed by atoms with E-state index >= 15 is 0 Å². The highest BCUT2D eigenvalue weighted by Crippen LogP contribution is 2.32. The summed E-state index contributed by atoms with van der Waals surface area (Å²) in [6.07, 6.45) is 0. The fraction of sp³-hybridized carbons (Fsp3) is 0. The summed E-state index contributed by atoms with van der Waals surface area (Å²) in [5.74, 6) is 1.23. The van der Waals surface area contributed by atoms with Crippen molar-refractivity contribution in [1.82, 2.24) is 0 Å². The Bertz CT molecular complexity index is 636. The monoisotopic (exact) mass is 477 g/mol. The Morgan fingerprint density at radius 3 is 0.864 bits per heavy atom. The maximum atomic E-state index is 3.50. The van der Waals surface area contributed by atoms with Crippen LogP contribution in [0.3, 0.4) is 0 Å². The number of hydrogen-bond donors (Lipinski definition) is 0. The summed E-state index contributed by atoms with van der Waals surface area (Å²) in [5.41, 5.74) is 3.61. The van der Waals surface area contributed by atoms with Crippen molar-refractivity contribution < 1.29 is 0 Å². The molecule has 0 spiro atoms. The molecule has 1 radical (unpaired) electrons. The maximum absolute atomic E-state index is 3.50. The summed E-state index contributed by atoms with van der Waals surface area (Å²) in [7, 11) is 0. The van der Waals surface area contributed by atoms with Gasteiger partial charge in [0.05, 0.1) is 5.92 Å². The van der Waals surface area contributed by atoms with Crippen molar-refractivity contribution in [3.63, 3.8) is 0 Å². The molecule has 0 aliphatic rings. The van der Waals surface area contributed by atoms with E-state index in [2.05, 4.69) is 121 Å². The van der Waals surface area contributed by atoms with E-state index in [-0.39, 0.29) is 0 Å². The van der Waals surface area contributed by atoms with Gasteiger partial charge in [0.15, 0.2) is 0 Å². The summed E-state index contributed by atoms with van der Waals surface area (Å²) in [6, 6.07) is 25.3. The lowest BCUT2D eigenvalue weighted by Gasteiger charge is -2.18. The molecular weight excluding hydrogens is 468 g/mol. The van der Waals surface area contributed by atoms with E-state index in [0.717, 1.165) is 13.4 Å². The Balaban J connectivity index is 2.10. The molecule has 0 fully saturated rings. The van der Waals surface area contributed by atoms with E-state index in [9.17, 15) is 0 Å². The molecule has 0 aromatic heterocycles. The summed E-state index contributed by atoms with van der Waals surface area (Å²) in [4.78, 5) is 0. The normalized spacial score (nSPS) is 10.9. The second-order valence-electron chi connectivity index (χ2n) is 4.90. The van der Waals surface area contributed by atoms with Crippen LogP contribution in [0.4, 0.5) is 0 Å². The molecule has 0 unspecified atom stereocenters. The summed E-state index contributed by atoms with van der Waals surface area (Å²) in [6.45, 7) is 0. The van der Waals surface area contributed by atoms with Crippen LogP contribution in [0.1, 0.15) is 16.7 Å². The molecule has 109 valence electrons. The molecule has 0 heterocycles. The third kappa shape index (κ3) is 3.70. The van der Waals surface area contributed by atoms with E-state index in [1.165, 1.54) is 22.6 Å². The van der Waals surface area contributed by atoms with Crippen molar-refractivity contribution >= 4 is 47.8 Å². The predicted octanol–water partition coefficient (Wildman–Crippen LogP) is 6.99. The maximum Gasteiger partial charge on any atom is 0.0629 e. The molecule has 22 heavy (non-hydrogen) atoms. The summed E-state index contributed by atoms with van der Waals surface area (Å²) in [5, 5.41) is 0. The van der Waals surface area contributed by atoms with Gasteiger partial charge in [0, 0.05) is 13.4 Å². The van der Waals surface area contributed by atoms with Crippen LogP contribution in [0.25, 0.3) is 0 Å². The quantitative estimate of drug-likeness (QED) is 0.355. The van der Waals surface area contributed by atoms with Gasteiger partial charge in [-0.3, -0.25) is 0 Å². The number of halogens is 3. The Hall–Kier alpha value is -0.900. The van der Waals surface area contributed by atoms with E-state index in [1.54, 1.807) is 0 Å². The first kappa shape index (κ1) is 16.0. The smallest absolute Gasteiger partial charge is 0.0566 e.